The van der Waals surface area contributed by atoms with Gasteiger partial charge in [0.15, 0.2) is 0 Å². The molecule has 1 unspecified atom stereocenters. The minimum atomic E-state index is -1.57. The number of thioether (sulfide) groups is 1. The Hall–Kier alpha value is -2.43. The van der Waals surface area contributed by atoms with Gasteiger partial charge in [-0.05, 0) is 62.4 Å². The van der Waals surface area contributed by atoms with Crippen LogP contribution in [0.4, 0.5) is 22.0 Å². The molecule has 200 valence electrons. The fourth-order valence-electron chi connectivity index (χ4n) is 4.87. The zero-order valence-corrected chi connectivity index (χ0v) is 21.3. The smallest absolute Gasteiger partial charge is 0.148 e. The molecular weight excluding hydrogens is 511 g/mol. The molecule has 0 aliphatic carbocycles. The van der Waals surface area contributed by atoms with Crippen molar-refractivity contribution in [2.45, 2.75) is 36.8 Å². The van der Waals surface area contributed by atoms with Crippen molar-refractivity contribution in [3.8, 4) is 5.75 Å². The topological polar surface area (TPSA) is 45.6 Å². The average molecular weight is 541 g/mol. The van der Waals surface area contributed by atoms with Gasteiger partial charge < -0.3 is 14.7 Å². The molecule has 37 heavy (non-hydrogen) atoms. The Morgan fingerprint density at radius 1 is 1.08 bits per heavy atom. The first kappa shape index (κ1) is 27.6. The number of likely N-dealkylation sites (tertiary alicyclic amines) is 1. The third-order valence-corrected chi connectivity index (χ3v) is 8.24. The van der Waals surface area contributed by atoms with Gasteiger partial charge in [-0.25, -0.2) is 22.0 Å². The lowest BCUT2D eigenvalue weighted by Crippen LogP contribution is -2.43. The first-order chi connectivity index (χ1) is 17.7. The molecule has 3 aromatic rings. The summed E-state index contributed by atoms with van der Waals surface area (Å²) in [6.07, 6.45) is 1.12. The molecule has 0 bridgehead atoms. The summed E-state index contributed by atoms with van der Waals surface area (Å²) in [6, 6.07) is 6.25. The summed E-state index contributed by atoms with van der Waals surface area (Å²) >= 11 is 0.991. The number of alkyl halides is 1. The molecule has 1 aliphatic heterocycles. The number of aliphatic hydroxyl groups excluding tert-OH is 1. The minimum absolute atomic E-state index is 0.0484. The summed E-state index contributed by atoms with van der Waals surface area (Å²) in [5, 5.41) is 10.5. The second-order valence-electron chi connectivity index (χ2n) is 9.46. The van der Waals surface area contributed by atoms with E-state index in [1.807, 2.05) is 0 Å². The second-order valence-corrected chi connectivity index (χ2v) is 10.6. The van der Waals surface area contributed by atoms with Crippen LogP contribution in [0.5, 0.6) is 5.75 Å². The lowest BCUT2D eigenvalue weighted by Gasteiger charge is -2.41. The van der Waals surface area contributed by atoms with E-state index in [4.69, 9.17) is 4.74 Å². The summed E-state index contributed by atoms with van der Waals surface area (Å²) in [5.74, 6) is -2.61. The van der Waals surface area contributed by atoms with Crippen LogP contribution in [0.25, 0.3) is 10.9 Å². The molecule has 0 amide bonds. The number of ether oxygens (including phenoxy) is 1. The molecule has 0 saturated carbocycles. The minimum Gasteiger partial charge on any atom is -0.497 e. The van der Waals surface area contributed by atoms with Crippen LogP contribution in [0.15, 0.2) is 41.4 Å². The number of nitrogens with zero attached hydrogens (tertiary/aromatic N) is 2. The molecule has 1 atom stereocenters. The zero-order valence-electron chi connectivity index (χ0n) is 20.5. The highest BCUT2D eigenvalue weighted by Gasteiger charge is 2.35. The van der Waals surface area contributed by atoms with Gasteiger partial charge in [-0.15, -0.1) is 11.8 Å². The van der Waals surface area contributed by atoms with E-state index in [9.17, 15) is 22.7 Å². The summed E-state index contributed by atoms with van der Waals surface area (Å²) < 4.78 is 76.0. The van der Waals surface area contributed by atoms with Gasteiger partial charge >= 0.3 is 0 Å². The van der Waals surface area contributed by atoms with Gasteiger partial charge in [0, 0.05) is 42.0 Å². The summed E-state index contributed by atoms with van der Waals surface area (Å²) in [5.41, 5.74) is -0.0600. The Labute approximate surface area is 216 Å². The molecule has 2 heterocycles. The third kappa shape index (κ3) is 6.35. The number of hydrogen-bond donors (Lipinski definition) is 1. The Morgan fingerprint density at radius 2 is 1.78 bits per heavy atom. The maximum atomic E-state index is 15.4. The van der Waals surface area contributed by atoms with Crippen molar-refractivity contribution in [1.29, 1.82) is 0 Å². The summed E-state index contributed by atoms with van der Waals surface area (Å²) in [4.78, 5) is 5.96. The molecule has 1 fully saturated rings. The van der Waals surface area contributed by atoms with Crippen molar-refractivity contribution < 1.29 is 31.8 Å². The number of halogens is 5. The fourth-order valence-corrected chi connectivity index (χ4v) is 5.82. The number of pyridine rings is 1. The van der Waals surface area contributed by atoms with Crippen LogP contribution in [0.1, 0.15) is 37.4 Å². The van der Waals surface area contributed by atoms with E-state index in [1.54, 1.807) is 18.2 Å². The van der Waals surface area contributed by atoms with Crippen molar-refractivity contribution in [1.82, 2.24) is 9.88 Å². The normalized spacial score (nSPS) is 16.7. The first-order valence-corrected chi connectivity index (χ1v) is 13.1. The van der Waals surface area contributed by atoms with E-state index >= 15 is 4.39 Å². The van der Waals surface area contributed by atoms with E-state index in [1.165, 1.54) is 7.11 Å². The van der Waals surface area contributed by atoms with Crippen LogP contribution in [0.3, 0.4) is 0 Å². The summed E-state index contributed by atoms with van der Waals surface area (Å²) in [6.45, 7) is 1.72. The number of hydrogen-bond acceptors (Lipinski definition) is 5. The Bertz CT molecular complexity index is 1210. The van der Waals surface area contributed by atoms with Crippen molar-refractivity contribution in [2.24, 2.45) is 5.41 Å². The molecule has 0 spiro atoms. The third-order valence-electron chi connectivity index (χ3n) is 7.18. The van der Waals surface area contributed by atoms with Crippen LogP contribution in [-0.2, 0) is 0 Å². The largest absolute Gasteiger partial charge is 0.497 e. The van der Waals surface area contributed by atoms with Crippen LogP contribution in [0, 0.1) is 28.7 Å². The van der Waals surface area contributed by atoms with Crippen molar-refractivity contribution in [2.75, 3.05) is 39.1 Å². The average Bonchev–Trinajstić information content (AvgIpc) is 2.89. The van der Waals surface area contributed by atoms with E-state index in [0.717, 1.165) is 18.0 Å². The van der Waals surface area contributed by atoms with Crippen molar-refractivity contribution >= 4 is 22.7 Å². The number of fused-ring (bicyclic) bond motifs is 1. The number of benzene rings is 2. The number of aliphatic hydroxyl groups is 1. The molecule has 0 radical (unpaired) electrons. The van der Waals surface area contributed by atoms with Gasteiger partial charge in [-0.3, -0.25) is 4.98 Å². The monoisotopic (exact) mass is 540 g/mol. The zero-order chi connectivity index (χ0) is 26.6. The number of rotatable bonds is 10. The highest BCUT2D eigenvalue weighted by molar-refractivity contribution is 7.99. The van der Waals surface area contributed by atoms with Crippen molar-refractivity contribution in [3.63, 3.8) is 0 Å². The first-order valence-electron chi connectivity index (χ1n) is 12.1. The van der Waals surface area contributed by atoms with Crippen LogP contribution in [-0.4, -0.2) is 54.1 Å². The molecule has 2 aromatic carbocycles. The van der Waals surface area contributed by atoms with Gasteiger partial charge in [0.05, 0.1) is 23.7 Å². The molecular formula is C27H29F5N2O2S. The van der Waals surface area contributed by atoms with Gasteiger partial charge in [-0.2, -0.15) is 0 Å². The highest BCUT2D eigenvalue weighted by atomic mass is 32.2. The van der Waals surface area contributed by atoms with Crippen LogP contribution >= 0.6 is 11.8 Å². The van der Waals surface area contributed by atoms with E-state index < -0.39 is 34.9 Å². The molecule has 4 nitrogen and oxygen atoms in total. The number of aromatic nitrogens is 1. The highest BCUT2D eigenvalue weighted by Crippen LogP contribution is 2.41. The molecule has 1 saturated heterocycles. The number of methoxy groups -OCH3 is 1. The lowest BCUT2D eigenvalue weighted by atomic mass is 9.74. The second kappa shape index (κ2) is 12.0. The standard InChI is InChI=1S/C27H29F5N2O2S/c1-36-18-2-3-24-19(14-18)25(23(32)15-33-24)20(29)4-5-27(16-35)6-8-34(9-7-27)10-11-37-26-21(30)12-17(28)13-22(26)31/h2-3,12-15,20,35H,4-11,16H2,1H3. The van der Waals surface area contributed by atoms with Gasteiger partial charge in [0.1, 0.15) is 35.2 Å². The SMILES string of the molecule is COc1ccc2ncc(F)c(C(F)CCC3(CO)CCN(CCSc4c(F)cc(F)cc4F)CC3)c2c1. The number of piperidine rings is 1. The van der Waals surface area contributed by atoms with Crippen LogP contribution < -0.4 is 4.74 Å². The van der Waals surface area contributed by atoms with Crippen molar-refractivity contribution in [3.05, 3.63) is 65.4 Å². The molecule has 10 heteroatoms. The molecule has 1 aliphatic rings. The predicted molar refractivity (Wildman–Crippen MR) is 134 cm³/mol. The maximum Gasteiger partial charge on any atom is 0.148 e. The van der Waals surface area contributed by atoms with Gasteiger partial charge in [0.2, 0.25) is 0 Å². The maximum absolute atomic E-state index is 15.4. The van der Waals surface area contributed by atoms with E-state index in [2.05, 4.69) is 9.88 Å². The Balaban J connectivity index is 1.33. The molecule has 1 aromatic heterocycles. The molecule has 1 N–H and O–H groups in total. The van der Waals surface area contributed by atoms with E-state index in [-0.39, 0.29) is 23.5 Å². The van der Waals surface area contributed by atoms with Gasteiger partial charge in [0.25, 0.3) is 0 Å². The van der Waals surface area contributed by atoms with E-state index in [0.29, 0.717) is 73.4 Å². The molecule has 4 rings (SSSR count). The Morgan fingerprint density at radius 3 is 2.43 bits per heavy atom. The quantitative estimate of drug-likeness (QED) is 0.236. The summed E-state index contributed by atoms with van der Waals surface area (Å²) in [7, 11) is 1.48. The predicted octanol–water partition coefficient (Wildman–Crippen LogP) is 6.46. The Kier molecular flexibility index (Phi) is 8.92. The lowest BCUT2D eigenvalue weighted by molar-refractivity contribution is 0.0321. The fraction of sp³-hybridized carbons (Fsp3) is 0.444. The van der Waals surface area contributed by atoms with Crippen LogP contribution in [0.2, 0.25) is 0 Å². The van der Waals surface area contributed by atoms with Gasteiger partial charge in [-0.1, -0.05) is 0 Å².